The van der Waals surface area contributed by atoms with Crippen molar-refractivity contribution in [2.45, 2.75) is 18.5 Å². The third-order valence-electron chi connectivity index (χ3n) is 3.30. The van der Waals surface area contributed by atoms with E-state index in [1.807, 2.05) is 0 Å². The zero-order valence-corrected chi connectivity index (χ0v) is 11.8. The number of Topliss-reactive ketones (excluding diaryl/α,β-unsaturated/α-hetero) is 1. The molecule has 0 aliphatic carbocycles. The smallest absolute Gasteiger partial charge is 0.450 e. The Morgan fingerprint density at radius 1 is 1.14 bits per heavy atom. The van der Waals surface area contributed by atoms with E-state index >= 15 is 0 Å². The number of rotatable bonds is 5. The molecular formula is C16H14F3NO2. The minimum atomic E-state index is -4.88. The molecule has 0 N–H and O–H groups in total. The molecule has 22 heavy (non-hydrogen) atoms. The van der Waals surface area contributed by atoms with Crippen molar-refractivity contribution in [2.75, 3.05) is 7.11 Å². The second-order valence-electron chi connectivity index (χ2n) is 4.75. The number of ketones is 1. The summed E-state index contributed by atoms with van der Waals surface area (Å²) in [6.45, 7) is 0. The van der Waals surface area contributed by atoms with E-state index in [-0.39, 0.29) is 6.42 Å². The van der Waals surface area contributed by atoms with E-state index in [1.165, 1.54) is 31.6 Å². The number of aromatic nitrogens is 1. The molecule has 1 aromatic carbocycles. The average Bonchev–Trinajstić information content (AvgIpc) is 2.52. The lowest BCUT2D eigenvalue weighted by atomic mass is 9.88. The first kappa shape index (κ1) is 16.0. The second kappa shape index (κ2) is 6.60. The first-order valence-corrected chi connectivity index (χ1v) is 6.55. The van der Waals surface area contributed by atoms with Gasteiger partial charge >= 0.3 is 6.18 Å². The number of benzene rings is 1. The lowest BCUT2D eigenvalue weighted by Gasteiger charge is -2.18. The summed E-state index contributed by atoms with van der Waals surface area (Å²) in [5, 5.41) is 0. The molecule has 1 heterocycles. The minimum Gasteiger partial charge on any atom is -0.497 e. The molecule has 3 nitrogen and oxygen atoms in total. The second-order valence-corrected chi connectivity index (χ2v) is 4.75. The topological polar surface area (TPSA) is 39.2 Å². The summed E-state index contributed by atoms with van der Waals surface area (Å²) < 4.78 is 43.5. The van der Waals surface area contributed by atoms with Crippen LogP contribution in [0.5, 0.6) is 5.75 Å². The van der Waals surface area contributed by atoms with E-state index in [2.05, 4.69) is 4.98 Å². The van der Waals surface area contributed by atoms with Gasteiger partial charge in [-0.05, 0) is 41.8 Å². The van der Waals surface area contributed by atoms with Crippen molar-refractivity contribution in [2.24, 2.45) is 0 Å². The molecule has 0 saturated carbocycles. The number of hydrogen-bond donors (Lipinski definition) is 0. The fraction of sp³-hybridized carbons (Fsp3) is 0.250. The van der Waals surface area contributed by atoms with Gasteiger partial charge < -0.3 is 4.74 Å². The van der Waals surface area contributed by atoms with Gasteiger partial charge in [-0.3, -0.25) is 9.78 Å². The number of pyridine rings is 1. The van der Waals surface area contributed by atoms with Gasteiger partial charge in [0.2, 0.25) is 5.78 Å². The summed E-state index contributed by atoms with van der Waals surface area (Å²) >= 11 is 0. The highest BCUT2D eigenvalue weighted by molar-refractivity contribution is 5.90. The van der Waals surface area contributed by atoms with Crippen LogP contribution < -0.4 is 4.74 Å². The molecule has 0 amide bonds. The van der Waals surface area contributed by atoms with E-state index in [9.17, 15) is 18.0 Å². The SMILES string of the molecule is COc1ccc(C(Cc2ccncc2)C(=O)C(F)(F)F)cc1. The number of hydrogen-bond acceptors (Lipinski definition) is 3. The number of halogens is 3. The Morgan fingerprint density at radius 2 is 1.73 bits per heavy atom. The Labute approximate surface area is 125 Å². The van der Waals surface area contributed by atoms with Crippen LogP contribution in [-0.2, 0) is 11.2 Å². The Morgan fingerprint density at radius 3 is 2.23 bits per heavy atom. The van der Waals surface area contributed by atoms with Crippen molar-refractivity contribution < 1.29 is 22.7 Å². The van der Waals surface area contributed by atoms with Gasteiger partial charge in [-0.25, -0.2) is 0 Å². The molecule has 116 valence electrons. The number of carbonyl (C=O) groups excluding carboxylic acids is 1. The molecule has 0 spiro atoms. The van der Waals surface area contributed by atoms with Crippen LogP contribution >= 0.6 is 0 Å². The van der Waals surface area contributed by atoms with E-state index in [1.54, 1.807) is 24.3 Å². The van der Waals surface area contributed by atoms with Crippen LogP contribution in [0, 0.1) is 0 Å². The van der Waals surface area contributed by atoms with Gasteiger partial charge in [0.1, 0.15) is 5.75 Å². The van der Waals surface area contributed by atoms with E-state index in [4.69, 9.17) is 4.74 Å². The van der Waals surface area contributed by atoms with Crippen LogP contribution in [0.1, 0.15) is 17.0 Å². The predicted molar refractivity (Wildman–Crippen MR) is 74.7 cm³/mol. The van der Waals surface area contributed by atoms with Crippen LogP contribution in [0.2, 0.25) is 0 Å². The lowest BCUT2D eigenvalue weighted by molar-refractivity contribution is -0.172. The standard InChI is InChI=1S/C16H14F3NO2/c1-22-13-4-2-12(3-5-13)14(15(21)16(17,18)19)10-11-6-8-20-9-7-11/h2-9,14H,10H2,1H3. The van der Waals surface area contributed by atoms with Crippen LogP contribution in [0.25, 0.3) is 0 Å². The average molecular weight is 309 g/mol. The van der Waals surface area contributed by atoms with Gasteiger partial charge in [0.15, 0.2) is 0 Å². The normalized spacial score (nSPS) is 12.7. The summed E-state index contributed by atoms with van der Waals surface area (Å²) in [5.74, 6) is -2.52. The number of methoxy groups -OCH3 is 1. The van der Waals surface area contributed by atoms with Crippen LogP contribution in [0.15, 0.2) is 48.8 Å². The molecule has 0 aliphatic heterocycles. The van der Waals surface area contributed by atoms with Gasteiger partial charge in [-0.1, -0.05) is 12.1 Å². The Balaban J connectivity index is 2.34. The monoisotopic (exact) mass is 309 g/mol. The highest BCUT2D eigenvalue weighted by Gasteiger charge is 2.43. The van der Waals surface area contributed by atoms with Gasteiger partial charge in [0.25, 0.3) is 0 Å². The van der Waals surface area contributed by atoms with Crippen molar-refractivity contribution in [1.29, 1.82) is 0 Å². The fourth-order valence-corrected chi connectivity index (χ4v) is 2.15. The molecule has 0 radical (unpaired) electrons. The molecule has 0 aliphatic rings. The van der Waals surface area contributed by atoms with E-state index in [0.29, 0.717) is 16.9 Å². The molecule has 1 unspecified atom stereocenters. The van der Waals surface area contributed by atoms with Crippen LogP contribution in [0.3, 0.4) is 0 Å². The lowest BCUT2D eigenvalue weighted by Crippen LogP contribution is -2.30. The quantitative estimate of drug-likeness (QED) is 0.848. The summed E-state index contributed by atoms with van der Waals surface area (Å²) in [7, 11) is 1.46. The van der Waals surface area contributed by atoms with Gasteiger partial charge in [0, 0.05) is 12.4 Å². The Kier molecular flexibility index (Phi) is 4.80. The van der Waals surface area contributed by atoms with Gasteiger partial charge in [-0.15, -0.1) is 0 Å². The first-order valence-electron chi connectivity index (χ1n) is 6.55. The number of carbonyl (C=O) groups is 1. The fourth-order valence-electron chi connectivity index (χ4n) is 2.15. The van der Waals surface area contributed by atoms with Crippen molar-refractivity contribution in [3.8, 4) is 5.75 Å². The molecule has 0 bridgehead atoms. The highest BCUT2D eigenvalue weighted by Crippen LogP contribution is 2.31. The molecule has 1 atom stereocenters. The zero-order valence-electron chi connectivity index (χ0n) is 11.8. The van der Waals surface area contributed by atoms with Crippen molar-refractivity contribution >= 4 is 5.78 Å². The summed E-state index contributed by atoms with van der Waals surface area (Å²) in [5.41, 5.74) is 0.924. The zero-order chi connectivity index (χ0) is 16.2. The maximum absolute atomic E-state index is 12.8. The largest absolute Gasteiger partial charge is 0.497 e. The number of ether oxygens (including phenoxy) is 1. The molecule has 1 aromatic heterocycles. The van der Waals surface area contributed by atoms with E-state index in [0.717, 1.165) is 0 Å². The summed E-state index contributed by atoms with van der Waals surface area (Å²) in [4.78, 5) is 15.6. The van der Waals surface area contributed by atoms with E-state index < -0.39 is 17.9 Å². The minimum absolute atomic E-state index is 0.0345. The van der Waals surface area contributed by atoms with Gasteiger partial charge in [0.05, 0.1) is 13.0 Å². The van der Waals surface area contributed by atoms with Crippen LogP contribution in [0.4, 0.5) is 13.2 Å². The third kappa shape index (κ3) is 3.84. The summed E-state index contributed by atoms with van der Waals surface area (Å²) in [6.07, 6.45) is -1.94. The molecule has 2 rings (SSSR count). The van der Waals surface area contributed by atoms with Crippen molar-refractivity contribution in [1.82, 2.24) is 4.98 Å². The molecule has 0 fully saturated rings. The molecule has 2 aromatic rings. The number of nitrogens with zero attached hydrogens (tertiary/aromatic N) is 1. The summed E-state index contributed by atoms with van der Waals surface area (Å²) in [6, 6.07) is 9.24. The maximum atomic E-state index is 12.8. The predicted octanol–water partition coefficient (Wildman–Crippen LogP) is 3.55. The molecule has 0 saturated heterocycles. The van der Waals surface area contributed by atoms with Crippen molar-refractivity contribution in [3.63, 3.8) is 0 Å². The first-order chi connectivity index (χ1) is 10.4. The third-order valence-corrected chi connectivity index (χ3v) is 3.30. The Hall–Kier alpha value is -2.37. The Bertz CT molecular complexity index is 624. The molecular weight excluding hydrogens is 295 g/mol. The van der Waals surface area contributed by atoms with Crippen molar-refractivity contribution in [3.05, 3.63) is 59.9 Å². The highest BCUT2D eigenvalue weighted by atomic mass is 19.4. The van der Waals surface area contributed by atoms with Gasteiger partial charge in [-0.2, -0.15) is 13.2 Å². The molecule has 6 heteroatoms. The maximum Gasteiger partial charge on any atom is 0.450 e. The van der Waals surface area contributed by atoms with Crippen LogP contribution in [-0.4, -0.2) is 24.1 Å². The number of alkyl halides is 3.